The lowest BCUT2D eigenvalue weighted by Gasteiger charge is -2.38. The average molecular weight is 567 g/mol. The summed E-state index contributed by atoms with van der Waals surface area (Å²) in [5.74, 6) is -1.36. The van der Waals surface area contributed by atoms with Crippen molar-refractivity contribution in [1.82, 2.24) is 14.5 Å². The molecule has 1 aliphatic heterocycles. The van der Waals surface area contributed by atoms with Gasteiger partial charge in [0, 0.05) is 36.3 Å². The predicted octanol–water partition coefficient (Wildman–Crippen LogP) is 5.74. The lowest BCUT2D eigenvalue weighted by molar-refractivity contribution is -0.150. The van der Waals surface area contributed by atoms with Crippen molar-refractivity contribution in [2.24, 2.45) is 5.92 Å². The quantitative estimate of drug-likeness (QED) is 0.366. The first-order chi connectivity index (χ1) is 19.0. The standard InChI is InChI=1S/C30H35ClN4O5/c1-5-39-28(37)24-13-14-34(29(38)40-30(2,3)4)18-25(24)21-7-6-8-23(15-21)33-27(36)26-16-32-19-35(26)17-20-9-11-22(31)12-10-20/h6-12,15-16,19,24-25H,5,13-14,17-18H2,1-4H3,(H,33,36). The van der Waals surface area contributed by atoms with E-state index in [0.717, 1.165) is 11.1 Å². The zero-order chi connectivity index (χ0) is 28.9. The topological polar surface area (TPSA) is 103 Å². The van der Waals surface area contributed by atoms with Gasteiger partial charge >= 0.3 is 12.1 Å². The molecule has 2 amide bonds. The van der Waals surface area contributed by atoms with Crippen LogP contribution in [0.25, 0.3) is 0 Å². The number of likely N-dealkylation sites (tertiary alicyclic amines) is 1. The zero-order valence-electron chi connectivity index (χ0n) is 23.2. The number of piperidine rings is 1. The van der Waals surface area contributed by atoms with Crippen LogP contribution in [0.15, 0.2) is 61.1 Å². The number of carbonyl (C=O) groups is 3. The first-order valence-electron chi connectivity index (χ1n) is 13.3. The van der Waals surface area contributed by atoms with E-state index in [1.165, 1.54) is 6.20 Å². The van der Waals surface area contributed by atoms with Crippen LogP contribution in [-0.4, -0.2) is 57.7 Å². The number of nitrogens with one attached hydrogen (secondary N) is 1. The molecule has 1 saturated heterocycles. The van der Waals surface area contributed by atoms with Crippen LogP contribution in [0.1, 0.15) is 61.6 Å². The zero-order valence-corrected chi connectivity index (χ0v) is 24.0. The molecule has 9 nitrogen and oxygen atoms in total. The van der Waals surface area contributed by atoms with Crippen molar-refractivity contribution < 1.29 is 23.9 Å². The monoisotopic (exact) mass is 566 g/mol. The fourth-order valence-electron chi connectivity index (χ4n) is 4.78. The number of carbonyl (C=O) groups excluding carboxylic acids is 3. The van der Waals surface area contributed by atoms with E-state index in [9.17, 15) is 14.4 Å². The van der Waals surface area contributed by atoms with Gasteiger partial charge in [-0.15, -0.1) is 0 Å². The van der Waals surface area contributed by atoms with E-state index in [-0.39, 0.29) is 24.4 Å². The van der Waals surface area contributed by atoms with Crippen LogP contribution in [0.2, 0.25) is 5.02 Å². The largest absolute Gasteiger partial charge is 0.466 e. The van der Waals surface area contributed by atoms with Crippen molar-refractivity contribution in [1.29, 1.82) is 0 Å². The Morgan fingerprint density at radius 3 is 2.58 bits per heavy atom. The van der Waals surface area contributed by atoms with Gasteiger partial charge in [0.2, 0.25) is 0 Å². The van der Waals surface area contributed by atoms with E-state index < -0.39 is 17.6 Å². The third-order valence-corrected chi connectivity index (χ3v) is 6.89. The summed E-state index contributed by atoms with van der Waals surface area (Å²) >= 11 is 5.99. The molecule has 1 aliphatic rings. The third-order valence-electron chi connectivity index (χ3n) is 6.64. The van der Waals surface area contributed by atoms with Crippen LogP contribution >= 0.6 is 11.6 Å². The molecular weight excluding hydrogens is 532 g/mol. The van der Waals surface area contributed by atoms with Gasteiger partial charge in [-0.2, -0.15) is 0 Å². The molecular formula is C30H35ClN4O5. The molecule has 2 heterocycles. The van der Waals surface area contributed by atoms with E-state index in [0.29, 0.717) is 42.5 Å². The molecule has 1 N–H and O–H groups in total. The highest BCUT2D eigenvalue weighted by Crippen LogP contribution is 2.35. The number of nitrogens with zero attached hydrogens (tertiary/aromatic N) is 3. The Kier molecular flexibility index (Phi) is 9.14. The van der Waals surface area contributed by atoms with Crippen LogP contribution < -0.4 is 5.32 Å². The highest BCUT2D eigenvalue weighted by Gasteiger charge is 2.39. The third kappa shape index (κ3) is 7.41. The van der Waals surface area contributed by atoms with Crippen molar-refractivity contribution in [3.8, 4) is 0 Å². The molecule has 212 valence electrons. The molecule has 2 aromatic carbocycles. The van der Waals surface area contributed by atoms with Crippen LogP contribution in [0.4, 0.5) is 10.5 Å². The molecule has 0 saturated carbocycles. The van der Waals surface area contributed by atoms with E-state index in [1.807, 2.05) is 51.1 Å². The summed E-state index contributed by atoms with van der Waals surface area (Å²) in [6.45, 7) is 8.66. The second kappa shape index (κ2) is 12.6. The summed E-state index contributed by atoms with van der Waals surface area (Å²) in [5.41, 5.74) is 2.14. The van der Waals surface area contributed by atoms with Crippen molar-refractivity contribution in [3.05, 3.63) is 82.9 Å². The molecule has 0 spiro atoms. The molecule has 1 fully saturated rings. The number of benzene rings is 2. The van der Waals surface area contributed by atoms with Crippen LogP contribution in [0.3, 0.4) is 0 Å². The van der Waals surface area contributed by atoms with Crippen LogP contribution in [-0.2, 0) is 20.8 Å². The van der Waals surface area contributed by atoms with Gasteiger partial charge in [0.15, 0.2) is 0 Å². The fraction of sp³-hybridized carbons (Fsp3) is 0.400. The number of esters is 1. The maximum Gasteiger partial charge on any atom is 0.410 e. The fourth-order valence-corrected chi connectivity index (χ4v) is 4.90. The summed E-state index contributed by atoms with van der Waals surface area (Å²) in [4.78, 5) is 44.7. The van der Waals surface area contributed by atoms with Gasteiger partial charge in [-0.25, -0.2) is 9.78 Å². The average Bonchev–Trinajstić information content (AvgIpc) is 3.37. The minimum Gasteiger partial charge on any atom is -0.466 e. The normalized spacial score (nSPS) is 17.3. The predicted molar refractivity (Wildman–Crippen MR) is 152 cm³/mol. The van der Waals surface area contributed by atoms with E-state index in [2.05, 4.69) is 10.3 Å². The van der Waals surface area contributed by atoms with Crippen molar-refractivity contribution >= 4 is 35.3 Å². The number of hydrogen-bond donors (Lipinski definition) is 1. The maximum absolute atomic E-state index is 13.2. The molecule has 10 heteroatoms. The van der Waals surface area contributed by atoms with E-state index in [4.69, 9.17) is 21.1 Å². The number of imidazole rings is 1. The molecule has 0 bridgehead atoms. The molecule has 40 heavy (non-hydrogen) atoms. The Labute approximate surface area is 239 Å². The molecule has 0 aliphatic carbocycles. The minimum atomic E-state index is -0.630. The van der Waals surface area contributed by atoms with Gasteiger partial charge in [-0.1, -0.05) is 35.9 Å². The van der Waals surface area contributed by atoms with E-state index in [1.54, 1.807) is 40.9 Å². The summed E-state index contributed by atoms with van der Waals surface area (Å²) in [6.07, 6.45) is 3.16. The molecule has 4 rings (SSSR count). The first-order valence-corrected chi connectivity index (χ1v) is 13.7. The highest BCUT2D eigenvalue weighted by atomic mass is 35.5. The second-order valence-electron chi connectivity index (χ2n) is 10.8. The Balaban J connectivity index is 1.53. The van der Waals surface area contributed by atoms with Crippen LogP contribution in [0.5, 0.6) is 0 Å². The maximum atomic E-state index is 13.2. The van der Waals surface area contributed by atoms with Crippen molar-refractivity contribution in [3.63, 3.8) is 0 Å². The number of amides is 2. The van der Waals surface area contributed by atoms with Crippen LogP contribution in [0, 0.1) is 5.92 Å². The minimum absolute atomic E-state index is 0.275. The Hall–Kier alpha value is -3.85. The number of halogens is 1. The smallest absolute Gasteiger partial charge is 0.410 e. The highest BCUT2D eigenvalue weighted by molar-refractivity contribution is 6.30. The number of aromatic nitrogens is 2. The second-order valence-corrected chi connectivity index (χ2v) is 11.2. The van der Waals surface area contributed by atoms with Gasteiger partial charge in [-0.05, 0) is 69.5 Å². The lowest BCUT2D eigenvalue weighted by atomic mass is 9.80. The summed E-state index contributed by atoms with van der Waals surface area (Å²) in [7, 11) is 0. The molecule has 1 aromatic heterocycles. The molecule has 3 aromatic rings. The van der Waals surface area contributed by atoms with Gasteiger partial charge in [0.25, 0.3) is 5.91 Å². The molecule has 0 radical (unpaired) electrons. The van der Waals surface area contributed by atoms with E-state index >= 15 is 0 Å². The van der Waals surface area contributed by atoms with Gasteiger partial charge < -0.3 is 24.3 Å². The SMILES string of the molecule is CCOC(=O)C1CCN(C(=O)OC(C)(C)C)CC1c1cccc(NC(=O)c2cncn2Cc2ccc(Cl)cc2)c1. The summed E-state index contributed by atoms with van der Waals surface area (Å²) in [5, 5.41) is 3.59. The Morgan fingerprint density at radius 2 is 1.88 bits per heavy atom. The Bertz CT molecular complexity index is 1350. The van der Waals surface area contributed by atoms with Crippen molar-refractivity contribution in [2.45, 2.75) is 52.2 Å². The number of rotatable bonds is 7. The lowest BCUT2D eigenvalue weighted by Crippen LogP contribution is -2.47. The number of hydrogen-bond acceptors (Lipinski definition) is 6. The van der Waals surface area contributed by atoms with Gasteiger partial charge in [0.05, 0.1) is 25.0 Å². The van der Waals surface area contributed by atoms with Gasteiger partial charge in [-0.3, -0.25) is 9.59 Å². The Morgan fingerprint density at radius 1 is 1.12 bits per heavy atom. The summed E-state index contributed by atoms with van der Waals surface area (Å²) < 4.78 is 12.7. The van der Waals surface area contributed by atoms with Crippen molar-refractivity contribution in [2.75, 3.05) is 25.0 Å². The molecule has 2 atom stereocenters. The van der Waals surface area contributed by atoms with Gasteiger partial charge in [0.1, 0.15) is 11.3 Å². The first kappa shape index (κ1) is 29.1. The number of anilines is 1. The molecule has 2 unspecified atom stereocenters. The summed E-state index contributed by atoms with van der Waals surface area (Å²) in [6, 6.07) is 14.8. The number of ether oxygens (including phenoxy) is 2.